The topological polar surface area (TPSA) is 38.0 Å². The second-order valence-electron chi connectivity index (χ2n) is 4.21. The molecule has 100 valence electrons. The maximum absolute atomic E-state index is 13.8. The van der Waals surface area contributed by atoms with Crippen LogP contribution in [0.5, 0.6) is 0 Å². The molecule has 0 bridgehead atoms. The van der Waals surface area contributed by atoms with Crippen molar-refractivity contribution < 1.29 is 4.39 Å². The predicted octanol–water partition coefficient (Wildman–Crippen LogP) is 3.94. The van der Waals surface area contributed by atoms with E-state index in [1.54, 1.807) is 12.1 Å². The summed E-state index contributed by atoms with van der Waals surface area (Å²) < 4.78 is 15.8. The van der Waals surface area contributed by atoms with Gasteiger partial charge >= 0.3 is 0 Å². The Morgan fingerprint density at radius 1 is 1.26 bits per heavy atom. The zero-order chi connectivity index (χ0) is 13.8. The fourth-order valence-corrected chi connectivity index (χ4v) is 2.89. The molecule has 2 nitrogen and oxygen atoms in total. The first kappa shape index (κ1) is 14.9. The Morgan fingerprint density at radius 2 is 2.05 bits per heavy atom. The van der Waals surface area contributed by atoms with E-state index in [-0.39, 0.29) is 11.9 Å². The molecule has 3 N–H and O–H groups in total. The Kier molecular flexibility index (Phi) is 5.32. The lowest BCUT2D eigenvalue weighted by atomic mass is 9.99. The fraction of sp³-hybridized carbons (Fsp3) is 0.143. The highest BCUT2D eigenvalue weighted by atomic mass is 127. The van der Waals surface area contributed by atoms with Gasteiger partial charge in [0.15, 0.2) is 0 Å². The van der Waals surface area contributed by atoms with Crippen molar-refractivity contribution >= 4 is 38.5 Å². The Bertz CT molecular complexity index is 577. The summed E-state index contributed by atoms with van der Waals surface area (Å²) in [6.45, 7) is 0. The zero-order valence-corrected chi connectivity index (χ0v) is 13.8. The summed E-state index contributed by atoms with van der Waals surface area (Å²) in [5.74, 6) is 5.39. The third-order valence-electron chi connectivity index (χ3n) is 2.88. The minimum atomic E-state index is -0.214. The first-order valence-corrected chi connectivity index (χ1v) is 7.63. The molecule has 0 aliphatic carbocycles. The van der Waals surface area contributed by atoms with Crippen LogP contribution in [0, 0.1) is 9.39 Å². The predicted molar refractivity (Wildman–Crippen MR) is 87.0 cm³/mol. The second-order valence-corrected chi connectivity index (χ2v) is 6.38. The first-order valence-electron chi connectivity index (χ1n) is 5.75. The molecule has 1 unspecified atom stereocenters. The van der Waals surface area contributed by atoms with Crippen molar-refractivity contribution in [3.63, 3.8) is 0 Å². The number of halogens is 3. The quantitative estimate of drug-likeness (QED) is 0.434. The number of hydrogen-bond donors (Lipinski definition) is 2. The van der Waals surface area contributed by atoms with E-state index in [0.29, 0.717) is 12.0 Å². The number of hydrogen-bond acceptors (Lipinski definition) is 2. The van der Waals surface area contributed by atoms with Gasteiger partial charge in [0.05, 0.1) is 6.04 Å². The SMILES string of the molecule is NNC(Cc1cc(Br)ccc1F)c1cccc(I)c1. The van der Waals surface area contributed by atoms with E-state index in [2.05, 4.69) is 43.9 Å². The highest BCUT2D eigenvalue weighted by molar-refractivity contribution is 14.1. The van der Waals surface area contributed by atoms with Crippen LogP contribution in [-0.2, 0) is 6.42 Å². The van der Waals surface area contributed by atoms with E-state index < -0.39 is 0 Å². The summed E-state index contributed by atoms with van der Waals surface area (Å²) in [5.41, 5.74) is 4.44. The maximum atomic E-state index is 13.8. The summed E-state index contributed by atoms with van der Waals surface area (Å²) >= 11 is 5.60. The summed E-state index contributed by atoms with van der Waals surface area (Å²) in [5, 5.41) is 0. The lowest BCUT2D eigenvalue weighted by molar-refractivity contribution is 0.528. The van der Waals surface area contributed by atoms with Crippen LogP contribution in [0.25, 0.3) is 0 Å². The molecule has 0 aliphatic heterocycles. The monoisotopic (exact) mass is 434 g/mol. The van der Waals surface area contributed by atoms with Gasteiger partial charge < -0.3 is 0 Å². The maximum Gasteiger partial charge on any atom is 0.126 e. The normalized spacial score (nSPS) is 12.4. The molecule has 0 aliphatic rings. The Balaban J connectivity index is 2.26. The van der Waals surface area contributed by atoms with Gasteiger partial charge in [0, 0.05) is 8.04 Å². The molecule has 19 heavy (non-hydrogen) atoms. The van der Waals surface area contributed by atoms with E-state index in [1.165, 1.54) is 6.07 Å². The molecule has 2 aromatic carbocycles. The second kappa shape index (κ2) is 6.78. The number of nitrogens with two attached hydrogens (primary N) is 1. The standard InChI is InChI=1S/C14H13BrFIN2/c15-11-4-5-13(16)10(6-11)8-14(19-18)9-2-1-3-12(17)7-9/h1-7,14,19H,8,18H2. The smallest absolute Gasteiger partial charge is 0.126 e. The van der Waals surface area contributed by atoms with Crippen LogP contribution in [0.4, 0.5) is 4.39 Å². The summed E-state index contributed by atoms with van der Waals surface area (Å²) in [7, 11) is 0. The van der Waals surface area contributed by atoms with Gasteiger partial charge in [0.1, 0.15) is 5.82 Å². The van der Waals surface area contributed by atoms with Gasteiger partial charge in [-0.3, -0.25) is 11.3 Å². The zero-order valence-electron chi connectivity index (χ0n) is 10.0. The van der Waals surface area contributed by atoms with Gasteiger partial charge in [0.2, 0.25) is 0 Å². The van der Waals surface area contributed by atoms with Crippen LogP contribution >= 0.6 is 38.5 Å². The number of rotatable bonds is 4. The van der Waals surface area contributed by atoms with Crippen LogP contribution < -0.4 is 11.3 Å². The van der Waals surface area contributed by atoms with Crippen LogP contribution in [0.2, 0.25) is 0 Å². The highest BCUT2D eigenvalue weighted by Crippen LogP contribution is 2.23. The number of benzene rings is 2. The first-order chi connectivity index (χ1) is 9.10. The van der Waals surface area contributed by atoms with Crippen molar-refractivity contribution in [2.75, 3.05) is 0 Å². The van der Waals surface area contributed by atoms with Gasteiger partial charge in [-0.25, -0.2) is 4.39 Å². The van der Waals surface area contributed by atoms with Crippen LogP contribution in [0.15, 0.2) is 46.9 Å². The molecule has 0 amide bonds. The Labute approximate surface area is 133 Å². The van der Waals surface area contributed by atoms with Crippen molar-refractivity contribution in [3.05, 3.63) is 67.5 Å². The van der Waals surface area contributed by atoms with E-state index in [9.17, 15) is 4.39 Å². The molecule has 0 aromatic heterocycles. The molecule has 2 aromatic rings. The average molecular weight is 435 g/mol. The van der Waals surface area contributed by atoms with Crippen molar-refractivity contribution in [1.29, 1.82) is 0 Å². The van der Waals surface area contributed by atoms with E-state index in [0.717, 1.165) is 13.6 Å². The van der Waals surface area contributed by atoms with Gasteiger partial charge in [0.25, 0.3) is 0 Å². The molecular formula is C14H13BrFIN2. The minimum absolute atomic E-state index is 0.112. The van der Waals surface area contributed by atoms with Crippen molar-refractivity contribution in [3.8, 4) is 0 Å². The van der Waals surface area contributed by atoms with Crippen LogP contribution in [-0.4, -0.2) is 0 Å². The molecule has 0 radical (unpaired) electrons. The highest BCUT2D eigenvalue weighted by Gasteiger charge is 2.13. The molecule has 2 rings (SSSR count). The van der Waals surface area contributed by atoms with E-state index in [4.69, 9.17) is 5.84 Å². The van der Waals surface area contributed by atoms with Crippen molar-refractivity contribution in [1.82, 2.24) is 5.43 Å². The lowest BCUT2D eigenvalue weighted by Gasteiger charge is -2.17. The summed E-state index contributed by atoms with van der Waals surface area (Å²) in [4.78, 5) is 0. The van der Waals surface area contributed by atoms with Crippen LogP contribution in [0.1, 0.15) is 17.2 Å². The Hall–Kier alpha value is -0.500. The summed E-state index contributed by atoms with van der Waals surface area (Å²) in [6.07, 6.45) is 0.502. The molecule has 0 saturated heterocycles. The average Bonchev–Trinajstić information content (AvgIpc) is 2.39. The fourth-order valence-electron chi connectivity index (χ4n) is 1.92. The molecular weight excluding hydrogens is 422 g/mol. The minimum Gasteiger partial charge on any atom is -0.271 e. The van der Waals surface area contributed by atoms with E-state index >= 15 is 0 Å². The molecule has 1 atom stereocenters. The van der Waals surface area contributed by atoms with Crippen LogP contribution in [0.3, 0.4) is 0 Å². The molecule has 0 spiro atoms. The number of hydrazine groups is 1. The van der Waals surface area contributed by atoms with Crippen molar-refractivity contribution in [2.45, 2.75) is 12.5 Å². The number of nitrogens with one attached hydrogen (secondary N) is 1. The third-order valence-corrected chi connectivity index (χ3v) is 4.05. The molecule has 0 saturated carbocycles. The third kappa shape index (κ3) is 3.98. The van der Waals surface area contributed by atoms with Gasteiger partial charge in [-0.05, 0) is 70.5 Å². The lowest BCUT2D eigenvalue weighted by Crippen LogP contribution is -2.29. The van der Waals surface area contributed by atoms with E-state index in [1.807, 2.05) is 24.3 Å². The van der Waals surface area contributed by atoms with Gasteiger partial charge in [-0.1, -0.05) is 28.1 Å². The van der Waals surface area contributed by atoms with Gasteiger partial charge in [-0.2, -0.15) is 0 Å². The summed E-state index contributed by atoms with van der Waals surface area (Å²) in [6, 6.07) is 12.8. The van der Waals surface area contributed by atoms with Crippen molar-refractivity contribution in [2.24, 2.45) is 5.84 Å². The Morgan fingerprint density at radius 3 is 2.74 bits per heavy atom. The largest absolute Gasteiger partial charge is 0.271 e. The van der Waals surface area contributed by atoms with Gasteiger partial charge in [-0.15, -0.1) is 0 Å². The molecule has 5 heteroatoms. The molecule has 0 fully saturated rings. The molecule has 0 heterocycles.